The first-order chi connectivity index (χ1) is 16.1. The van der Waals surface area contributed by atoms with Gasteiger partial charge in [-0.1, -0.05) is 78.9 Å². The smallest absolute Gasteiger partial charge is 0.259 e. The molecule has 1 aliphatic heterocycles. The van der Waals surface area contributed by atoms with E-state index in [1.54, 1.807) is 0 Å². The van der Waals surface area contributed by atoms with Gasteiger partial charge in [0.15, 0.2) is 0 Å². The van der Waals surface area contributed by atoms with Crippen LogP contribution >= 0.6 is 0 Å². The zero-order valence-electron chi connectivity index (χ0n) is 19.1. The summed E-state index contributed by atoms with van der Waals surface area (Å²) in [6.45, 7) is 4.12. The topological polar surface area (TPSA) is 36.1 Å². The number of hydrogen-bond acceptors (Lipinski definition) is 1. The van der Waals surface area contributed by atoms with Gasteiger partial charge in [-0.3, -0.25) is 4.79 Å². The highest BCUT2D eigenvalue weighted by molar-refractivity contribution is 6.36. The first-order valence-corrected chi connectivity index (χ1v) is 11.5. The largest absolute Gasteiger partial charge is 0.359 e. The summed E-state index contributed by atoms with van der Waals surface area (Å²) in [5.74, 6) is 0.0692. The fraction of sp³-hybridized carbons (Fsp3) is 0.167. The van der Waals surface area contributed by atoms with Crippen LogP contribution in [-0.4, -0.2) is 16.9 Å². The van der Waals surface area contributed by atoms with Crippen LogP contribution in [0.3, 0.4) is 0 Å². The number of benzene rings is 3. The third kappa shape index (κ3) is 4.27. The Balaban J connectivity index is 1.58. The highest BCUT2D eigenvalue weighted by Crippen LogP contribution is 2.40. The van der Waals surface area contributed by atoms with Crippen LogP contribution in [0, 0.1) is 13.8 Å². The Labute approximate surface area is 195 Å². The number of anilines is 1. The number of H-pyrrole nitrogens is 1. The van der Waals surface area contributed by atoms with Gasteiger partial charge < -0.3 is 9.88 Å². The Bertz CT molecular complexity index is 1260. The Morgan fingerprint density at radius 3 is 1.97 bits per heavy atom. The van der Waals surface area contributed by atoms with Crippen molar-refractivity contribution in [3.8, 4) is 0 Å². The zero-order valence-corrected chi connectivity index (χ0v) is 19.1. The highest BCUT2D eigenvalue weighted by Gasteiger charge is 2.37. The molecular weight excluding hydrogens is 404 g/mol. The van der Waals surface area contributed by atoms with Gasteiger partial charge in [-0.05, 0) is 61.6 Å². The second kappa shape index (κ2) is 8.95. The van der Waals surface area contributed by atoms with E-state index in [-0.39, 0.29) is 11.9 Å². The van der Waals surface area contributed by atoms with Crippen molar-refractivity contribution in [1.82, 2.24) is 4.98 Å². The van der Waals surface area contributed by atoms with Gasteiger partial charge in [-0.15, -0.1) is 0 Å². The number of carbonyl (C=O) groups is 1. The number of aromatic amines is 1. The van der Waals surface area contributed by atoms with Crippen LogP contribution < -0.4 is 4.90 Å². The maximum atomic E-state index is 14.0. The number of aryl methyl sites for hydroxylation is 2. The second-order valence-electron chi connectivity index (χ2n) is 8.83. The highest BCUT2D eigenvalue weighted by atomic mass is 16.2. The van der Waals surface area contributed by atoms with Crippen LogP contribution in [0.5, 0.6) is 0 Å². The molecule has 3 heteroatoms. The molecule has 0 spiro atoms. The fourth-order valence-corrected chi connectivity index (χ4v) is 4.84. The number of carbonyl (C=O) groups excluding carboxylic acids is 1. The molecule has 3 nitrogen and oxygen atoms in total. The number of hydrogen-bond donors (Lipinski definition) is 1. The molecule has 5 rings (SSSR count). The lowest BCUT2D eigenvalue weighted by Gasteiger charge is -2.29. The standard InChI is InChI=1S/C30H28N2O/c1-21-17-22(2)31-28(21)20-27-26-15-9-10-16-29(26)32(30(27)33)25(18-23-11-5-3-6-12-23)19-24-13-7-4-8-14-24/h3-17,20,25,31H,18-19H2,1-2H3. The van der Waals surface area contributed by atoms with E-state index < -0.39 is 0 Å². The molecule has 0 saturated heterocycles. The summed E-state index contributed by atoms with van der Waals surface area (Å²) in [6, 6.07) is 31.2. The molecule has 0 aliphatic carbocycles. The number of fused-ring (bicyclic) bond motifs is 1. The van der Waals surface area contributed by atoms with E-state index in [0.29, 0.717) is 0 Å². The van der Waals surface area contributed by atoms with E-state index in [1.165, 1.54) is 11.1 Å². The van der Waals surface area contributed by atoms with Crippen LogP contribution in [0.2, 0.25) is 0 Å². The van der Waals surface area contributed by atoms with Crippen molar-refractivity contribution in [3.05, 3.63) is 125 Å². The molecule has 0 unspecified atom stereocenters. The third-order valence-corrected chi connectivity index (χ3v) is 6.37. The molecule has 4 aromatic rings. The van der Waals surface area contributed by atoms with Gasteiger partial charge in [0.1, 0.15) is 0 Å². The Morgan fingerprint density at radius 1 is 0.818 bits per heavy atom. The summed E-state index contributed by atoms with van der Waals surface area (Å²) in [6.07, 6.45) is 3.61. The SMILES string of the molecule is Cc1cc(C)c(C=C2C(=O)N(C(Cc3ccccc3)Cc3ccccc3)c3ccccc32)[nH]1. The van der Waals surface area contributed by atoms with Gasteiger partial charge in [0.05, 0.1) is 11.3 Å². The quantitative estimate of drug-likeness (QED) is 0.353. The average Bonchev–Trinajstić information content (AvgIpc) is 3.30. The van der Waals surface area contributed by atoms with Crippen molar-refractivity contribution in [2.24, 2.45) is 0 Å². The summed E-state index contributed by atoms with van der Waals surface area (Å²) in [7, 11) is 0. The number of nitrogens with zero attached hydrogens (tertiary/aromatic N) is 1. The summed E-state index contributed by atoms with van der Waals surface area (Å²) in [5, 5.41) is 0. The molecule has 2 heterocycles. The summed E-state index contributed by atoms with van der Waals surface area (Å²) in [4.78, 5) is 19.4. The van der Waals surface area contributed by atoms with Gasteiger partial charge >= 0.3 is 0 Å². The maximum absolute atomic E-state index is 14.0. The third-order valence-electron chi connectivity index (χ3n) is 6.37. The number of rotatable bonds is 6. The number of amides is 1. The first kappa shape index (κ1) is 21.0. The van der Waals surface area contributed by atoms with Crippen molar-refractivity contribution in [2.75, 3.05) is 4.90 Å². The van der Waals surface area contributed by atoms with Gasteiger partial charge in [0.25, 0.3) is 5.91 Å². The minimum absolute atomic E-state index is 0.0147. The van der Waals surface area contributed by atoms with E-state index in [0.717, 1.165) is 46.6 Å². The molecule has 0 saturated carbocycles. The minimum Gasteiger partial charge on any atom is -0.359 e. The molecule has 0 atom stereocenters. The lowest BCUT2D eigenvalue weighted by molar-refractivity contribution is -0.113. The van der Waals surface area contributed by atoms with Crippen molar-refractivity contribution in [3.63, 3.8) is 0 Å². The monoisotopic (exact) mass is 432 g/mol. The van der Waals surface area contributed by atoms with E-state index in [9.17, 15) is 4.79 Å². The van der Waals surface area contributed by atoms with Crippen LogP contribution in [0.25, 0.3) is 11.6 Å². The maximum Gasteiger partial charge on any atom is 0.259 e. The molecule has 3 aromatic carbocycles. The van der Waals surface area contributed by atoms with E-state index >= 15 is 0 Å². The molecule has 1 aliphatic rings. The van der Waals surface area contributed by atoms with Gasteiger partial charge in [-0.2, -0.15) is 0 Å². The molecule has 164 valence electrons. The number of para-hydroxylation sites is 1. The van der Waals surface area contributed by atoms with Crippen LogP contribution in [0.4, 0.5) is 5.69 Å². The molecule has 1 aromatic heterocycles. The molecule has 33 heavy (non-hydrogen) atoms. The van der Waals surface area contributed by atoms with Gasteiger partial charge in [-0.25, -0.2) is 0 Å². The molecule has 1 N–H and O–H groups in total. The van der Waals surface area contributed by atoms with Crippen molar-refractivity contribution < 1.29 is 4.79 Å². The van der Waals surface area contributed by atoms with Crippen molar-refractivity contribution >= 4 is 23.2 Å². The van der Waals surface area contributed by atoms with Crippen molar-refractivity contribution in [2.45, 2.75) is 32.7 Å². The first-order valence-electron chi connectivity index (χ1n) is 11.5. The normalized spacial score (nSPS) is 14.3. The molecule has 0 fully saturated rings. The molecular formula is C30H28N2O. The van der Waals surface area contributed by atoms with Gasteiger partial charge in [0.2, 0.25) is 0 Å². The van der Waals surface area contributed by atoms with Crippen LogP contribution in [0.15, 0.2) is 91.0 Å². The summed E-state index contributed by atoms with van der Waals surface area (Å²) < 4.78 is 0. The lowest BCUT2D eigenvalue weighted by atomic mass is 9.97. The van der Waals surface area contributed by atoms with E-state index in [4.69, 9.17) is 0 Å². The zero-order chi connectivity index (χ0) is 22.8. The second-order valence-corrected chi connectivity index (χ2v) is 8.83. The molecule has 0 radical (unpaired) electrons. The summed E-state index contributed by atoms with van der Waals surface area (Å²) in [5.41, 5.74) is 8.45. The Morgan fingerprint density at radius 2 is 1.39 bits per heavy atom. The number of nitrogens with one attached hydrogen (secondary N) is 1. The molecule has 1 amide bonds. The lowest BCUT2D eigenvalue weighted by Crippen LogP contribution is -2.40. The van der Waals surface area contributed by atoms with Gasteiger partial charge in [0, 0.05) is 23.0 Å². The predicted molar refractivity (Wildman–Crippen MR) is 136 cm³/mol. The Hall–Kier alpha value is -3.85. The fourth-order valence-electron chi connectivity index (χ4n) is 4.84. The average molecular weight is 433 g/mol. The van der Waals surface area contributed by atoms with E-state index in [1.807, 2.05) is 42.2 Å². The Kier molecular flexibility index (Phi) is 5.70. The van der Waals surface area contributed by atoms with Crippen molar-refractivity contribution in [1.29, 1.82) is 0 Å². The summed E-state index contributed by atoms with van der Waals surface area (Å²) >= 11 is 0. The van der Waals surface area contributed by atoms with Crippen LogP contribution in [0.1, 0.15) is 33.6 Å². The van der Waals surface area contributed by atoms with E-state index in [2.05, 4.69) is 78.6 Å². The van der Waals surface area contributed by atoms with Crippen LogP contribution in [-0.2, 0) is 17.6 Å². The molecule has 0 bridgehead atoms. The number of aromatic nitrogens is 1. The predicted octanol–water partition coefficient (Wildman–Crippen LogP) is 6.37. The minimum atomic E-state index is 0.0147.